The lowest BCUT2D eigenvalue weighted by Gasteiger charge is -2.01. The first kappa shape index (κ1) is 11.1. The molecule has 1 aromatic rings. The summed E-state index contributed by atoms with van der Waals surface area (Å²) in [5, 5.41) is -2.29. The topological polar surface area (TPSA) is 34.1 Å². The van der Waals surface area contributed by atoms with E-state index in [-0.39, 0.29) is 0 Å². The van der Waals surface area contributed by atoms with Crippen LogP contribution in [0.2, 0.25) is 0 Å². The minimum Gasteiger partial charge on any atom is -0.275 e. The number of halogens is 4. The Balaban J connectivity index is 3.41. The summed E-state index contributed by atoms with van der Waals surface area (Å²) in [5.74, 6) is -2.95. The normalized spacial score (nSPS) is 10.0. The number of carbonyl (C=O) groups is 2. The highest BCUT2D eigenvalue weighted by Crippen LogP contribution is 2.19. The first-order chi connectivity index (χ1) is 6.45. The minimum atomic E-state index is -1.48. The number of rotatable bonds is 2. The van der Waals surface area contributed by atoms with E-state index in [0.717, 1.165) is 12.1 Å². The van der Waals surface area contributed by atoms with Crippen molar-refractivity contribution in [3.8, 4) is 0 Å². The largest absolute Gasteiger partial charge is 0.275 e. The first-order valence-electron chi connectivity index (χ1n) is 3.32. The molecular weight excluding hydrogens is 237 g/mol. The zero-order valence-corrected chi connectivity index (χ0v) is 7.99. The van der Waals surface area contributed by atoms with Crippen molar-refractivity contribution < 1.29 is 18.4 Å². The van der Waals surface area contributed by atoms with Crippen LogP contribution in [0.4, 0.5) is 8.78 Å². The van der Waals surface area contributed by atoms with Crippen LogP contribution >= 0.6 is 23.2 Å². The highest BCUT2D eigenvalue weighted by Gasteiger charge is 2.19. The van der Waals surface area contributed by atoms with E-state index in [9.17, 15) is 18.4 Å². The van der Waals surface area contributed by atoms with Gasteiger partial charge in [0.2, 0.25) is 0 Å². The summed E-state index contributed by atoms with van der Waals surface area (Å²) in [6.45, 7) is 0. The van der Waals surface area contributed by atoms with Crippen LogP contribution in [-0.2, 0) is 0 Å². The average Bonchev–Trinajstić information content (AvgIpc) is 2.08. The van der Waals surface area contributed by atoms with Gasteiger partial charge in [0.05, 0.1) is 11.1 Å². The van der Waals surface area contributed by atoms with Crippen LogP contribution < -0.4 is 0 Å². The Morgan fingerprint density at radius 3 is 1.43 bits per heavy atom. The maximum atomic E-state index is 13.0. The van der Waals surface area contributed by atoms with Gasteiger partial charge in [0, 0.05) is 0 Å². The lowest BCUT2D eigenvalue weighted by molar-refractivity contribution is 0.106. The van der Waals surface area contributed by atoms with Crippen LogP contribution in [0.3, 0.4) is 0 Å². The third-order valence-corrected chi connectivity index (χ3v) is 1.91. The van der Waals surface area contributed by atoms with Crippen LogP contribution in [0.1, 0.15) is 20.7 Å². The van der Waals surface area contributed by atoms with E-state index in [0.29, 0.717) is 0 Å². The Hall–Kier alpha value is -1.00. The van der Waals surface area contributed by atoms with Gasteiger partial charge in [-0.15, -0.1) is 0 Å². The van der Waals surface area contributed by atoms with Gasteiger partial charge in [-0.05, 0) is 35.3 Å². The zero-order chi connectivity index (χ0) is 10.9. The zero-order valence-electron chi connectivity index (χ0n) is 6.48. The second kappa shape index (κ2) is 4.02. The van der Waals surface area contributed by atoms with Gasteiger partial charge in [-0.1, -0.05) is 0 Å². The summed E-state index contributed by atoms with van der Waals surface area (Å²) in [6, 6.07) is 1.78. The smallest absolute Gasteiger partial charge is 0.255 e. The Kier molecular flexibility index (Phi) is 3.18. The van der Waals surface area contributed by atoms with Crippen LogP contribution in [0.5, 0.6) is 0 Å². The molecular formula is C8H2Cl2F2O2. The monoisotopic (exact) mass is 238 g/mol. The van der Waals surface area contributed by atoms with Crippen molar-refractivity contribution in [2.24, 2.45) is 0 Å². The molecule has 0 N–H and O–H groups in total. The fourth-order valence-electron chi connectivity index (χ4n) is 0.853. The molecule has 74 valence electrons. The van der Waals surface area contributed by atoms with Gasteiger partial charge < -0.3 is 0 Å². The Bertz CT molecular complexity index is 379. The molecule has 0 unspecified atom stereocenters. The fraction of sp³-hybridized carbons (Fsp3) is 0. The van der Waals surface area contributed by atoms with Crippen molar-refractivity contribution in [1.29, 1.82) is 0 Å². The lowest BCUT2D eigenvalue weighted by Crippen LogP contribution is -2.03. The van der Waals surface area contributed by atoms with Crippen LogP contribution in [-0.4, -0.2) is 10.5 Å². The predicted molar refractivity (Wildman–Crippen MR) is 46.7 cm³/mol. The molecule has 0 aliphatic rings. The number of hydrogen-bond donors (Lipinski definition) is 0. The SMILES string of the molecule is O=C(Cl)c1ccc(C(=O)Cl)c(F)c1F. The molecule has 0 aromatic heterocycles. The second-order valence-electron chi connectivity index (χ2n) is 2.34. The summed E-state index contributed by atoms with van der Waals surface area (Å²) in [7, 11) is 0. The van der Waals surface area contributed by atoms with Crippen molar-refractivity contribution in [2.45, 2.75) is 0 Å². The fourth-order valence-corrected chi connectivity index (χ4v) is 1.14. The van der Waals surface area contributed by atoms with Gasteiger partial charge in [-0.2, -0.15) is 0 Å². The molecule has 0 aliphatic carbocycles. The van der Waals surface area contributed by atoms with Crippen molar-refractivity contribution in [3.05, 3.63) is 34.9 Å². The van der Waals surface area contributed by atoms with Gasteiger partial charge in [0.1, 0.15) is 0 Å². The molecule has 0 saturated carbocycles. The molecule has 1 aromatic carbocycles. The Morgan fingerprint density at radius 1 is 0.929 bits per heavy atom. The molecule has 0 spiro atoms. The van der Waals surface area contributed by atoms with E-state index in [1.807, 2.05) is 0 Å². The molecule has 0 heterocycles. The summed E-state index contributed by atoms with van der Waals surface area (Å²) in [6.07, 6.45) is 0. The maximum absolute atomic E-state index is 13.0. The van der Waals surface area contributed by atoms with Gasteiger partial charge in [-0.25, -0.2) is 8.78 Å². The van der Waals surface area contributed by atoms with Crippen molar-refractivity contribution >= 4 is 33.7 Å². The molecule has 0 atom stereocenters. The van der Waals surface area contributed by atoms with Crippen LogP contribution in [0.25, 0.3) is 0 Å². The van der Waals surface area contributed by atoms with Crippen LogP contribution in [0.15, 0.2) is 12.1 Å². The number of hydrogen-bond acceptors (Lipinski definition) is 2. The summed E-state index contributed by atoms with van der Waals surface area (Å²) < 4.78 is 26.0. The van der Waals surface area contributed by atoms with E-state index in [4.69, 9.17) is 23.2 Å². The molecule has 1 rings (SSSR count). The second-order valence-corrected chi connectivity index (χ2v) is 3.02. The molecule has 6 heteroatoms. The van der Waals surface area contributed by atoms with Gasteiger partial charge >= 0.3 is 0 Å². The third kappa shape index (κ3) is 1.91. The molecule has 0 saturated heterocycles. The predicted octanol–water partition coefficient (Wildman–Crippen LogP) is 2.72. The lowest BCUT2D eigenvalue weighted by atomic mass is 10.1. The summed E-state index contributed by atoms with van der Waals surface area (Å²) >= 11 is 9.90. The molecule has 0 aliphatic heterocycles. The molecule has 0 amide bonds. The van der Waals surface area contributed by atoms with E-state index in [1.165, 1.54) is 0 Å². The van der Waals surface area contributed by atoms with E-state index in [2.05, 4.69) is 0 Å². The van der Waals surface area contributed by atoms with Crippen molar-refractivity contribution in [1.82, 2.24) is 0 Å². The van der Waals surface area contributed by atoms with Crippen LogP contribution in [0, 0.1) is 11.6 Å². The summed E-state index contributed by atoms with van der Waals surface area (Å²) in [5.41, 5.74) is -1.27. The van der Waals surface area contributed by atoms with Crippen molar-refractivity contribution in [2.75, 3.05) is 0 Å². The first-order valence-corrected chi connectivity index (χ1v) is 4.08. The molecule has 0 fully saturated rings. The molecule has 0 radical (unpaired) electrons. The molecule has 0 bridgehead atoms. The maximum Gasteiger partial charge on any atom is 0.255 e. The molecule has 14 heavy (non-hydrogen) atoms. The number of benzene rings is 1. The minimum absolute atomic E-state index is 0.633. The standard InChI is InChI=1S/C8H2Cl2F2O2/c9-7(13)3-1-2-4(8(10)14)6(12)5(3)11/h1-2H. The Morgan fingerprint density at radius 2 is 1.21 bits per heavy atom. The van der Waals surface area contributed by atoms with E-state index >= 15 is 0 Å². The highest BCUT2D eigenvalue weighted by molar-refractivity contribution is 6.68. The van der Waals surface area contributed by atoms with Gasteiger partial charge in [0.25, 0.3) is 10.5 Å². The highest BCUT2D eigenvalue weighted by atomic mass is 35.5. The van der Waals surface area contributed by atoms with E-state index < -0.39 is 33.2 Å². The van der Waals surface area contributed by atoms with Gasteiger partial charge in [-0.3, -0.25) is 9.59 Å². The Labute approximate surface area is 87.4 Å². The quantitative estimate of drug-likeness (QED) is 0.743. The van der Waals surface area contributed by atoms with Crippen molar-refractivity contribution in [3.63, 3.8) is 0 Å². The third-order valence-electron chi connectivity index (χ3n) is 1.51. The average molecular weight is 239 g/mol. The number of carbonyl (C=O) groups excluding carboxylic acids is 2. The van der Waals surface area contributed by atoms with E-state index in [1.54, 1.807) is 0 Å². The molecule has 2 nitrogen and oxygen atoms in total. The summed E-state index contributed by atoms with van der Waals surface area (Å²) in [4.78, 5) is 21.1. The van der Waals surface area contributed by atoms with Gasteiger partial charge in [0.15, 0.2) is 11.6 Å².